The van der Waals surface area contributed by atoms with Gasteiger partial charge in [-0.25, -0.2) is 0 Å². The minimum absolute atomic E-state index is 0.0854. The Kier molecular flexibility index (Phi) is 5.40. The van der Waals surface area contributed by atoms with Crippen molar-refractivity contribution < 1.29 is 14.7 Å². The van der Waals surface area contributed by atoms with E-state index in [9.17, 15) is 9.59 Å². The number of nitrogens with zero attached hydrogens (tertiary/aromatic N) is 1. The first kappa shape index (κ1) is 15.3. The molecule has 5 nitrogen and oxygen atoms in total. The van der Waals surface area contributed by atoms with Crippen molar-refractivity contribution in [1.29, 1.82) is 0 Å². The highest BCUT2D eigenvalue weighted by atomic mass is 16.4. The highest BCUT2D eigenvalue weighted by molar-refractivity contribution is 5.89. The molecule has 20 heavy (non-hydrogen) atoms. The molecule has 2 unspecified atom stereocenters. The van der Waals surface area contributed by atoms with Crippen LogP contribution in [0.25, 0.3) is 0 Å². The van der Waals surface area contributed by atoms with Crippen LogP contribution in [0.1, 0.15) is 44.9 Å². The third-order valence-corrected chi connectivity index (χ3v) is 4.63. The first-order valence-corrected chi connectivity index (χ1v) is 7.80. The number of hydrogen-bond donors (Lipinski definition) is 2. The van der Waals surface area contributed by atoms with Crippen molar-refractivity contribution in [3.63, 3.8) is 0 Å². The number of carbonyl (C=O) groups is 2. The standard InChI is InChI=1S/C15H26N2O3/c1-17(11-6-3-2-4-7-11)9-5-8-16-14(18)12-10-13(12)15(19)20/h11-13H,2-10H2,1H3,(H,16,18)(H,19,20). The van der Waals surface area contributed by atoms with Crippen LogP contribution in [-0.2, 0) is 9.59 Å². The van der Waals surface area contributed by atoms with Crippen molar-refractivity contribution in [2.75, 3.05) is 20.1 Å². The fraction of sp³-hybridized carbons (Fsp3) is 0.867. The summed E-state index contributed by atoms with van der Waals surface area (Å²) in [5.41, 5.74) is 0. The van der Waals surface area contributed by atoms with Crippen LogP contribution in [0, 0.1) is 11.8 Å². The second-order valence-corrected chi connectivity index (χ2v) is 6.20. The van der Waals surface area contributed by atoms with Crippen LogP contribution >= 0.6 is 0 Å². The fourth-order valence-electron chi connectivity index (χ4n) is 3.13. The Morgan fingerprint density at radius 2 is 1.90 bits per heavy atom. The predicted octanol–water partition coefficient (Wildman–Crippen LogP) is 1.48. The summed E-state index contributed by atoms with van der Waals surface area (Å²) in [6.07, 6.45) is 8.07. The van der Waals surface area contributed by atoms with Gasteiger partial charge in [-0.05, 0) is 39.3 Å². The topological polar surface area (TPSA) is 69.6 Å². The zero-order chi connectivity index (χ0) is 14.5. The lowest BCUT2D eigenvalue weighted by Crippen LogP contribution is -2.36. The first-order chi connectivity index (χ1) is 9.59. The van der Waals surface area contributed by atoms with Crippen molar-refractivity contribution in [1.82, 2.24) is 10.2 Å². The number of carbonyl (C=O) groups excluding carboxylic acids is 1. The maximum Gasteiger partial charge on any atom is 0.307 e. The normalized spacial score (nSPS) is 26.5. The number of carboxylic acid groups (broad SMARTS) is 1. The van der Waals surface area contributed by atoms with Crippen molar-refractivity contribution in [2.45, 2.75) is 51.0 Å². The Hall–Kier alpha value is -1.10. The van der Waals surface area contributed by atoms with Crippen LogP contribution in [-0.4, -0.2) is 48.1 Å². The highest BCUT2D eigenvalue weighted by Crippen LogP contribution is 2.38. The van der Waals surface area contributed by atoms with Crippen LogP contribution in [0.15, 0.2) is 0 Å². The number of carboxylic acids is 1. The predicted molar refractivity (Wildman–Crippen MR) is 76.4 cm³/mol. The van der Waals surface area contributed by atoms with Gasteiger partial charge in [0, 0.05) is 12.6 Å². The van der Waals surface area contributed by atoms with E-state index in [2.05, 4.69) is 17.3 Å². The van der Waals surface area contributed by atoms with E-state index in [-0.39, 0.29) is 11.8 Å². The van der Waals surface area contributed by atoms with Gasteiger partial charge in [-0.1, -0.05) is 19.3 Å². The van der Waals surface area contributed by atoms with Gasteiger partial charge >= 0.3 is 5.97 Å². The first-order valence-electron chi connectivity index (χ1n) is 7.80. The molecule has 5 heteroatoms. The van der Waals surface area contributed by atoms with E-state index in [1.165, 1.54) is 32.1 Å². The number of nitrogens with one attached hydrogen (secondary N) is 1. The molecule has 0 bridgehead atoms. The molecular formula is C15H26N2O3. The molecule has 2 saturated carbocycles. The van der Waals surface area contributed by atoms with Gasteiger partial charge in [0.05, 0.1) is 11.8 Å². The number of rotatable bonds is 7. The van der Waals surface area contributed by atoms with E-state index in [4.69, 9.17) is 5.11 Å². The Morgan fingerprint density at radius 1 is 1.20 bits per heavy atom. The summed E-state index contributed by atoms with van der Waals surface area (Å²) in [4.78, 5) is 24.8. The van der Waals surface area contributed by atoms with Crippen molar-refractivity contribution in [2.24, 2.45) is 11.8 Å². The Bertz CT molecular complexity index is 353. The van der Waals surface area contributed by atoms with E-state index in [1.807, 2.05) is 0 Å². The lowest BCUT2D eigenvalue weighted by molar-refractivity contribution is -0.140. The van der Waals surface area contributed by atoms with E-state index in [0.717, 1.165) is 13.0 Å². The lowest BCUT2D eigenvalue weighted by atomic mass is 9.94. The highest BCUT2D eigenvalue weighted by Gasteiger charge is 2.48. The quantitative estimate of drug-likeness (QED) is 0.694. The second kappa shape index (κ2) is 7.07. The van der Waals surface area contributed by atoms with Gasteiger partial charge in [-0.3, -0.25) is 9.59 Å². The average Bonchev–Trinajstić information content (AvgIpc) is 3.24. The number of hydrogen-bond acceptors (Lipinski definition) is 3. The van der Waals surface area contributed by atoms with E-state index >= 15 is 0 Å². The molecule has 0 spiro atoms. The molecule has 114 valence electrons. The molecule has 2 atom stereocenters. The SMILES string of the molecule is CN(CCCNC(=O)C1CC1C(=O)O)C1CCCCC1. The van der Waals surface area contributed by atoms with Crippen LogP contribution in [0.5, 0.6) is 0 Å². The maximum absolute atomic E-state index is 11.7. The molecule has 0 aromatic heterocycles. The smallest absolute Gasteiger partial charge is 0.307 e. The second-order valence-electron chi connectivity index (χ2n) is 6.20. The summed E-state index contributed by atoms with van der Waals surface area (Å²) in [6, 6.07) is 0.708. The summed E-state index contributed by atoms with van der Waals surface area (Å²) >= 11 is 0. The Labute approximate surface area is 120 Å². The average molecular weight is 282 g/mol. The van der Waals surface area contributed by atoms with Gasteiger partial charge < -0.3 is 15.3 Å². The van der Waals surface area contributed by atoms with Gasteiger partial charge in [-0.15, -0.1) is 0 Å². The fourth-order valence-corrected chi connectivity index (χ4v) is 3.13. The molecule has 2 aliphatic carbocycles. The lowest BCUT2D eigenvalue weighted by Gasteiger charge is -2.31. The minimum Gasteiger partial charge on any atom is -0.481 e. The molecule has 0 aromatic carbocycles. The van der Waals surface area contributed by atoms with Gasteiger partial charge in [0.2, 0.25) is 5.91 Å². The van der Waals surface area contributed by atoms with E-state index in [0.29, 0.717) is 19.0 Å². The summed E-state index contributed by atoms with van der Waals surface area (Å²) in [7, 11) is 2.17. The van der Waals surface area contributed by atoms with Crippen LogP contribution in [0.3, 0.4) is 0 Å². The van der Waals surface area contributed by atoms with Crippen LogP contribution < -0.4 is 5.32 Å². The molecule has 2 N–H and O–H groups in total. The molecule has 0 saturated heterocycles. The summed E-state index contributed by atoms with van der Waals surface area (Å²) < 4.78 is 0. The summed E-state index contributed by atoms with van der Waals surface area (Å²) in [5, 5.41) is 11.6. The number of aliphatic carboxylic acids is 1. The molecule has 0 aromatic rings. The molecule has 2 fully saturated rings. The Morgan fingerprint density at radius 3 is 2.50 bits per heavy atom. The molecule has 2 aliphatic rings. The molecule has 0 heterocycles. The van der Waals surface area contributed by atoms with Crippen LogP contribution in [0.2, 0.25) is 0 Å². The number of amides is 1. The van der Waals surface area contributed by atoms with Gasteiger partial charge in [0.25, 0.3) is 0 Å². The van der Waals surface area contributed by atoms with Crippen molar-refractivity contribution in [3.05, 3.63) is 0 Å². The van der Waals surface area contributed by atoms with E-state index < -0.39 is 11.9 Å². The molecule has 0 aliphatic heterocycles. The zero-order valence-electron chi connectivity index (χ0n) is 12.3. The summed E-state index contributed by atoms with van der Waals surface area (Å²) in [6.45, 7) is 1.65. The largest absolute Gasteiger partial charge is 0.481 e. The zero-order valence-corrected chi connectivity index (χ0v) is 12.3. The molecule has 0 radical (unpaired) electrons. The third kappa shape index (κ3) is 4.20. The van der Waals surface area contributed by atoms with Crippen molar-refractivity contribution >= 4 is 11.9 Å². The molecular weight excluding hydrogens is 256 g/mol. The van der Waals surface area contributed by atoms with Crippen LogP contribution in [0.4, 0.5) is 0 Å². The molecule has 1 amide bonds. The van der Waals surface area contributed by atoms with E-state index in [1.54, 1.807) is 0 Å². The van der Waals surface area contributed by atoms with Gasteiger partial charge in [-0.2, -0.15) is 0 Å². The maximum atomic E-state index is 11.7. The third-order valence-electron chi connectivity index (χ3n) is 4.63. The monoisotopic (exact) mass is 282 g/mol. The minimum atomic E-state index is -0.845. The summed E-state index contributed by atoms with van der Waals surface area (Å²) in [5.74, 6) is -1.66. The molecule has 2 rings (SSSR count). The van der Waals surface area contributed by atoms with Crippen molar-refractivity contribution in [3.8, 4) is 0 Å². The van der Waals surface area contributed by atoms with Gasteiger partial charge in [0.15, 0.2) is 0 Å². The Balaban J connectivity index is 1.55. The van der Waals surface area contributed by atoms with Gasteiger partial charge in [0.1, 0.15) is 0 Å².